The molecule has 1 aromatic rings. The van der Waals surface area contributed by atoms with E-state index in [1.807, 2.05) is 18.2 Å². The number of nitrogens with one attached hydrogen (secondary N) is 1. The van der Waals surface area contributed by atoms with Crippen molar-refractivity contribution in [1.82, 2.24) is 5.32 Å². The highest BCUT2D eigenvalue weighted by Gasteiger charge is 2.43. The standard InChI is InChI=1S/C14H17NO4/c16-8-14(4-1-5-14)13(17)15-7-10-2-3-11-12(6-10)19-9-18-11/h2-3,6,16H,1,4-5,7-9H2,(H,15,17). The van der Waals surface area contributed by atoms with Gasteiger partial charge in [-0.1, -0.05) is 12.5 Å². The molecule has 5 nitrogen and oxygen atoms in total. The molecule has 2 N–H and O–H groups in total. The average Bonchev–Trinajstić information content (AvgIpc) is 2.83. The molecule has 1 fully saturated rings. The second-order valence-corrected chi connectivity index (χ2v) is 5.16. The Kier molecular flexibility index (Phi) is 3.06. The topological polar surface area (TPSA) is 67.8 Å². The number of rotatable bonds is 4. The maximum absolute atomic E-state index is 12.1. The van der Waals surface area contributed by atoms with Crippen LogP contribution in [0.15, 0.2) is 18.2 Å². The normalized spacial score (nSPS) is 18.8. The van der Waals surface area contributed by atoms with Crippen molar-refractivity contribution in [2.45, 2.75) is 25.8 Å². The van der Waals surface area contributed by atoms with Gasteiger partial charge in [0.2, 0.25) is 12.7 Å². The lowest BCUT2D eigenvalue weighted by Crippen LogP contribution is -2.47. The number of carbonyl (C=O) groups is 1. The van der Waals surface area contributed by atoms with Crippen LogP contribution in [0.5, 0.6) is 11.5 Å². The maximum atomic E-state index is 12.1. The number of fused-ring (bicyclic) bond motifs is 1. The molecule has 1 aliphatic carbocycles. The van der Waals surface area contributed by atoms with Crippen LogP contribution in [0, 0.1) is 5.41 Å². The Balaban J connectivity index is 1.62. The highest BCUT2D eigenvalue weighted by atomic mass is 16.7. The molecule has 0 spiro atoms. The van der Waals surface area contributed by atoms with Gasteiger partial charge in [0, 0.05) is 6.54 Å². The van der Waals surface area contributed by atoms with Gasteiger partial charge in [-0.25, -0.2) is 0 Å². The van der Waals surface area contributed by atoms with Gasteiger partial charge < -0.3 is 19.9 Å². The van der Waals surface area contributed by atoms with E-state index in [0.717, 1.165) is 30.6 Å². The van der Waals surface area contributed by atoms with Crippen LogP contribution >= 0.6 is 0 Å². The number of hydrogen-bond donors (Lipinski definition) is 2. The van der Waals surface area contributed by atoms with E-state index in [1.54, 1.807) is 0 Å². The minimum absolute atomic E-state index is 0.0566. The van der Waals surface area contributed by atoms with Crippen molar-refractivity contribution in [2.24, 2.45) is 5.41 Å². The third-order valence-electron chi connectivity index (χ3n) is 3.99. The minimum atomic E-state index is -0.545. The Morgan fingerprint density at radius 3 is 2.79 bits per heavy atom. The molecule has 0 aromatic heterocycles. The zero-order valence-corrected chi connectivity index (χ0v) is 10.6. The van der Waals surface area contributed by atoms with Crippen LogP contribution in [0.4, 0.5) is 0 Å². The summed E-state index contributed by atoms with van der Waals surface area (Å²) in [4.78, 5) is 12.1. The van der Waals surface area contributed by atoms with Crippen molar-refractivity contribution in [3.05, 3.63) is 23.8 Å². The molecule has 0 unspecified atom stereocenters. The van der Waals surface area contributed by atoms with Crippen LogP contribution in [0.1, 0.15) is 24.8 Å². The number of benzene rings is 1. The number of aliphatic hydroxyl groups is 1. The first kappa shape index (κ1) is 12.3. The predicted octanol–water partition coefficient (Wildman–Crippen LogP) is 1.19. The first-order valence-corrected chi connectivity index (χ1v) is 6.51. The average molecular weight is 263 g/mol. The fourth-order valence-corrected chi connectivity index (χ4v) is 2.48. The third-order valence-corrected chi connectivity index (χ3v) is 3.99. The van der Waals surface area contributed by atoms with Gasteiger partial charge >= 0.3 is 0 Å². The summed E-state index contributed by atoms with van der Waals surface area (Å²) < 4.78 is 10.5. The Labute approximate surface area is 111 Å². The minimum Gasteiger partial charge on any atom is -0.454 e. The SMILES string of the molecule is O=C(NCc1ccc2c(c1)OCO2)C1(CO)CCC1. The molecule has 0 atom stereocenters. The van der Waals surface area contributed by atoms with Crippen molar-refractivity contribution in [3.63, 3.8) is 0 Å². The van der Waals surface area contributed by atoms with Gasteiger partial charge in [0.15, 0.2) is 11.5 Å². The quantitative estimate of drug-likeness (QED) is 0.856. The van der Waals surface area contributed by atoms with Gasteiger partial charge in [-0.05, 0) is 30.5 Å². The summed E-state index contributed by atoms with van der Waals surface area (Å²) in [7, 11) is 0. The lowest BCUT2D eigenvalue weighted by molar-refractivity contribution is -0.139. The molecule has 1 heterocycles. The summed E-state index contributed by atoms with van der Waals surface area (Å²) in [6.45, 7) is 0.621. The summed E-state index contributed by atoms with van der Waals surface area (Å²) in [5.41, 5.74) is 0.418. The van der Waals surface area contributed by atoms with Gasteiger partial charge in [0.25, 0.3) is 0 Å². The molecule has 2 aliphatic rings. The molecule has 3 rings (SSSR count). The molecule has 0 bridgehead atoms. The summed E-state index contributed by atoms with van der Waals surface area (Å²) in [6, 6.07) is 5.62. The van der Waals surface area contributed by atoms with Crippen molar-refractivity contribution in [3.8, 4) is 11.5 Å². The molecular weight excluding hydrogens is 246 g/mol. The van der Waals surface area contributed by atoms with E-state index in [2.05, 4.69) is 5.32 Å². The Morgan fingerprint density at radius 2 is 2.11 bits per heavy atom. The summed E-state index contributed by atoms with van der Waals surface area (Å²) >= 11 is 0. The molecule has 1 saturated carbocycles. The number of carbonyl (C=O) groups excluding carboxylic acids is 1. The van der Waals surface area contributed by atoms with E-state index in [0.29, 0.717) is 12.3 Å². The van der Waals surface area contributed by atoms with Gasteiger partial charge in [-0.15, -0.1) is 0 Å². The number of hydrogen-bond acceptors (Lipinski definition) is 4. The van der Waals surface area contributed by atoms with Gasteiger partial charge in [-0.2, -0.15) is 0 Å². The van der Waals surface area contributed by atoms with Crippen LogP contribution in [-0.2, 0) is 11.3 Å². The molecule has 0 saturated heterocycles. The van der Waals surface area contributed by atoms with Crippen molar-refractivity contribution in [1.29, 1.82) is 0 Å². The molecule has 1 aromatic carbocycles. The van der Waals surface area contributed by atoms with Crippen LogP contribution in [0.2, 0.25) is 0 Å². The van der Waals surface area contributed by atoms with Crippen molar-refractivity contribution in [2.75, 3.05) is 13.4 Å². The van der Waals surface area contributed by atoms with Crippen LogP contribution in [-0.4, -0.2) is 24.4 Å². The molecular formula is C14H17NO4. The van der Waals surface area contributed by atoms with Gasteiger partial charge in [-0.3, -0.25) is 4.79 Å². The van der Waals surface area contributed by atoms with E-state index in [9.17, 15) is 9.90 Å². The van der Waals surface area contributed by atoms with Crippen LogP contribution in [0.25, 0.3) is 0 Å². The number of aliphatic hydroxyl groups excluding tert-OH is 1. The highest BCUT2D eigenvalue weighted by molar-refractivity contribution is 5.83. The second kappa shape index (κ2) is 4.74. The summed E-state index contributed by atoms with van der Waals surface area (Å²) in [5, 5.41) is 12.2. The zero-order valence-electron chi connectivity index (χ0n) is 10.6. The summed E-state index contributed by atoms with van der Waals surface area (Å²) in [5.74, 6) is 1.40. The Morgan fingerprint density at radius 1 is 1.32 bits per heavy atom. The molecule has 5 heteroatoms. The van der Waals surface area contributed by atoms with Crippen molar-refractivity contribution >= 4 is 5.91 Å². The predicted molar refractivity (Wildman–Crippen MR) is 67.8 cm³/mol. The van der Waals surface area contributed by atoms with Gasteiger partial charge in [0.1, 0.15) is 0 Å². The monoisotopic (exact) mass is 263 g/mol. The zero-order chi connectivity index (χ0) is 13.3. The first-order chi connectivity index (χ1) is 9.23. The van der Waals surface area contributed by atoms with Crippen molar-refractivity contribution < 1.29 is 19.4 Å². The lowest BCUT2D eigenvalue weighted by atomic mass is 9.68. The molecule has 1 amide bonds. The fraction of sp³-hybridized carbons (Fsp3) is 0.500. The van der Waals surface area contributed by atoms with E-state index in [1.165, 1.54) is 0 Å². The first-order valence-electron chi connectivity index (χ1n) is 6.51. The van der Waals surface area contributed by atoms with Crippen LogP contribution in [0.3, 0.4) is 0 Å². The van der Waals surface area contributed by atoms with E-state index < -0.39 is 5.41 Å². The lowest BCUT2D eigenvalue weighted by Gasteiger charge is -2.38. The molecule has 102 valence electrons. The second-order valence-electron chi connectivity index (χ2n) is 5.16. The van der Waals surface area contributed by atoms with Gasteiger partial charge in [0.05, 0.1) is 12.0 Å². The fourth-order valence-electron chi connectivity index (χ4n) is 2.48. The maximum Gasteiger partial charge on any atom is 0.231 e. The highest BCUT2D eigenvalue weighted by Crippen LogP contribution is 2.40. The third kappa shape index (κ3) is 2.14. The summed E-state index contributed by atoms with van der Waals surface area (Å²) in [6.07, 6.45) is 2.56. The Hall–Kier alpha value is -1.75. The molecule has 0 radical (unpaired) electrons. The molecule has 1 aliphatic heterocycles. The molecule has 19 heavy (non-hydrogen) atoms. The number of amides is 1. The van der Waals surface area contributed by atoms with E-state index in [-0.39, 0.29) is 19.3 Å². The largest absolute Gasteiger partial charge is 0.454 e. The van der Waals surface area contributed by atoms with E-state index >= 15 is 0 Å². The smallest absolute Gasteiger partial charge is 0.231 e. The van der Waals surface area contributed by atoms with E-state index in [4.69, 9.17) is 9.47 Å². The van der Waals surface area contributed by atoms with Crippen LogP contribution < -0.4 is 14.8 Å². The Bertz CT molecular complexity index is 491. The number of ether oxygens (including phenoxy) is 2.